The van der Waals surface area contributed by atoms with Gasteiger partial charge in [-0.3, -0.25) is 0 Å². The van der Waals surface area contributed by atoms with Gasteiger partial charge >= 0.3 is 0 Å². The maximum atomic E-state index is 8.69. The van der Waals surface area contributed by atoms with E-state index in [4.69, 9.17) is 14.7 Å². The normalized spacial score (nSPS) is 9.67. The van der Waals surface area contributed by atoms with E-state index in [9.17, 15) is 0 Å². The first-order chi connectivity index (χ1) is 7.27. The summed E-state index contributed by atoms with van der Waals surface area (Å²) in [5.41, 5.74) is 1.66. The van der Waals surface area contributed by atoms with Crippen LogP contribution < -0.4 is 4.74 Å². The molecule has 0 aliphatic carbocycles. The van der Waals surface area contributed by atoms with Gasteiger partial charge in [-0.1, -0.05) is 0 Å². The van der Waals surface area contributed by atoms with Crippen molar-refractivity contribution in [3.05, 3.63) is 29.3 Å². The highest BCUT2D eigenvalue weighted by atomic mass is 16.5. The van der Waals surface area contributed by atoms with Crippen molar-refractivity contribution in [2.45, 2.75) is 13.3 Å². The minimum Gasteiger partial charge on any atom is -0.493 e. The average molecular weight is 205 g/mol. The second-order valence-corrected chi connectivity index (χ2v) is 3.29. The molecule has 1 aromatic rings. The Balaban J connectivity index is 2.52. The number of benzene rings is 1. The molecular formula is C12H15NO2. The molecule has 0 radical (unpaired) electrons. The van der Waals surface area contributed by atoms with Crippen LogP contribution in [0.4, 0.5) is 0 Å². The maximum absolute atomic E-state index is 8.69. The average Bonchev–Trinajstić information content (AvgIpc) is 2.26. The third kappa shape index (κ3) is 3.61. The van der Waals surface area contributed by atoms with Crippen LogP contribution in [0.1, 0.15) is 17.5 Å². The van der Waals surface area contributed by atoms with E-state index in [0.717, 1.165) is 17.7 Å². The Kier molecular flexibility index (Phi) is 4.65. The van der Waals surface area contributed by atoms with Crippen LogP contribution in [0.3, 0.4) is 0 Å². The van der Waals surface area contributed by atoms with Crippen molar-refractivity contribution in [1.82, 2.24) is 0 Å². The van der Waals surface area contributed by atoms with Gasteiger partial charge in [0.15, 0.2) is 0 Å². The van der Waals surface area contributed by atoms with Gasteiger partial charge in [0.1, 0.15) is 5.75 Å². The monoisotopic (exact) mass is 205 g/mol. The molecule has 0 aromatic heterocycles. The molecule has 0 saturated carbocycles. The van der Waals surface area contributed by atoms with Crippen molar-refractivity contribution in [3.63, 3.8) is 0 Å². The summed E-state index contributed by atoms with van der Waals surface area (Å²) in [6.45, 7) is 3.28. The van der Waals surface area contributed by atoms with Gasteiger partial charge < -0.3 is 9.47 Å². The zero-order valence-corrected chi connectivity index (χ0v) is 9.12. The molecule has 1 aromatic carbocycles. The van der Waals surface area contributed by atoms with Crippen LogP contribution in [0, 0.1) is 18.3 Å². The SMILES string of the molecule is COCCCOc1ccc(C#N)cc1C. The predicted molar refractivity (Wildman–Crippen MR) is 57.9 cm³/mol. The molecule has 0 unspecified atom stereocenters. The molecule has 0 fully saturated rings. The molecule has 1 rings (SSSR count). The summed E-state index contributed by atoms with van der Waals surface area (Å²) in [6, 6.07) is 7.52. The molecule has 0 atom stereocenters. The van der Waals surface area contributed by atoms with E-state index in [0.29, 0.717) is 18.8 Å². The molecular weight excluding hydrogens is 190 g/mol. The van der Waals surface area contributed by atoms with Crippen molar-refractivity contribution in [3.8, 4) is 11.8 Å². The quantitative estimate of drug-likeness (QED) is 0.692. The standard InChI is InChI=1S/C12H15NO2/c1-10-8-11(9-13)4-5-12(10)15-7-3-6-14-2/h4-5,8H,3,6-7H2,1-2H3. The molecule has 0 aliphatic rings. The summed E-state index contributed by atoms with van der Waals surface area (Å²) in [5.74, 6) is 0.838. The van der Waals surface area contributed by atoms with E-state index in [1.165, 1.54) is 0 Å². The van der Waals surface area contributed by atoms with Crippen LogP contribution >= 0.6 is 0 Å². The van der Waals surface area contributed by atoms with E-state index in [-0.39, 0.29) is 0 Å². The second-order valence-electron chi connectivity index (χ2n) is 3.29. The van der Waals surface area contributed by atoms with Crippen molar-refractivity contribution in [2.75, 3.05) is 20.3 Å². The van der Waals surface area contributed by atoms with Gasteiger partial charge in [-0.2, -0.15) is 5.26 Å². The Hall–Kier alpha value is -1.53. The first-order valence-electron chi connectivity index (χ1n) is 4.90. The summed E-state index contributed by atoms with van der Waals surface area (Å²) in [7, 11) is 1.67. The van der Waals surface area contributed by atoms with Gasteiger partial charge in [0.2, 0.25) is 0 Å². The highest BCUT2D eigenvalue weighted by molar-refractivity contribution is 5.41. The fraction of sp³-hybridized carbons (Fsp3) is 0.417. The molecule has 0 spiro atoms. The van der Waals surface area contributed by atoms with Crippen molar-refractivity contribution < 1.29 is 9.47 Å². The first-order valence-corrected chi connectivity index (χ1v) is 4.90. The lowest BCUT2D eigenvalue weighted by Crippen LogP contribution is -2.02. The fourth-order valence-corrected chi connectivity index (χ4v) is 1.27. The summed E-state index contributed by atoms with van der Waals surface area (Å²) in [4.78, 5) is 0. The Morgan fingerprint density at radius 3 is 2.73 bits per heavy atom. The highest BCUT2D eigenvalue weighted by Crippen LogP contribution is 2.18. The number of nitriles is 1. The molecule has 0 amide bonds. The molecule has 15 heavy (non-hydrogen) atoms. The Labute approximate surface area is 90.2 Å². The smallest absolute Gasteiger partial charge is 0.122 e. The second kappa shape index (κ2) is 6.05. The number of ether oxygens (including phenoxy) is 2. The molecule has 0 heterocycles. The highest BCUT2D eigenvalue weighted by Gasteiger charge is 2.00. The molecule has 0 saturated heterocycles. The van der Waals surface area contributed by atoms with Crippen LogP contribution in [0.5, 0.6) is 5.75 Å². The van der Waals surface area contributed by atoms with Crippen molar-refractivity contribution >= 4 is 0 Å². The number of hydrogen-bond acceptors (Lipinski definition) is 3. The van der Waals surface area contributed by atoms with Crippen molar-refractivity contribution in [1.29, 1.82) is 5.26 Å². The maximum Gasteiger partial charge on any atom is 0.122 e. The Bertz CT molecular complexity index is 355. The zero-order chi connectivity index (χ0) is 11.1. The first kappa shape index (κ1) is 11.5. The van der Waals surface area contributed by atoms with Crippen LogP contribution in [-0.2, 0) is 4.74 Å². The minimum absolute atomic E-state index is 0.639. The Morgan fingerprint density at radius 2 is 2.13 bits per heavy atom. The number of hydrogen-bond donors (Lipinski definition) is 0. The van der Waals surface area contributed by atoms with E-state index < -0.39 is 0 Å². The number of methoxy groups -OCH3 is 1. The third-order valence-corrected chi connectivity index (χ3v) is 2.05. The summed E-state index contributed by atoms with van der Waals surface area (Å²) < 4.78 is 10.5. The predicted octanol–water partition coefficient (Wildman–Crippen LogP) is 2.28. The van der Waals surface area contributed by atoms with E-state index in [1.54, 1.807) is 13.2 Å². The lowest BCUT2D eigenvalue weighted by Gasteiger charge is -2.08. The lowest BCUT2D eigenvalue weighted by molar-refractivity contribution is 0.172. The van der Waals surface area contributed by atoms with Crippen LogP contribution in [0.25, 0.3) is 0 Å². The van der Waals surface area contributed by atoms with E-state index >= 15 is 0 Å². The van der Waals surface area contributed by atoms with Crippen LogP contribution in [0.15, 0.2) is 18.2 Å². The number of rotatable bonds is 5. The van der Waals surface area contributed by atoms with Crippen LogP contribution in [0.2, 0.25) is 0 Å². The minimum atomic E-state index is 0.639. The molecule has 0 aliphatic heterocycles. The number of aryl methyl sites for hydroxylation is 1. The fourth-order valence-electron chi connectivity index (χ4n) is 1.27. The van der Waals surface area contributed by atoms with E-state index in [2.05, 4.69) is 6.07 Å². The molecule has 80 valence electrons. The molecule has 0 bridgehead atoms. The third-order valence-electron chi connectivity index (χ3n) is 2.05. The van der Waals surface area contributed by atoms with Crippen LogP contribution in [-0.4, -0.2) is 20.3 Å². The van der Waals surface area contributed by atoms with Gasteiger partial charge in [-0.05, 0) is 30.7 Å². The van der Waals surface area contributed by atoms with E-state index in [1.807, 2.05) is 19.1 Å². The molecule has 0 N–H and O–H groups in total. The Morgan fingerprint density at radius 1 is 1.33 bits per heavy atom. The number of nitrogens with zero attached hydrogens (tertiary/aromatic N) is 1. The van der Waals surface area contributed by atoms with Gasteiger partial charge in [0, 0.05) is 20.1 Å². The summed E-state index contributed by atoms with van der Waals surface area (Å²) in [5, 5.41) is 8.69. The largest absolute Gasteiger partial charge is 0.493 e. The lowest BCUT2D eigenvalue weighted by atomic mass is 10.1. The van der Waals surface area contributed by atoms with Gasteiger partial charge in [-0.15, -0.1) is 0 Å². The van der Waals surface area contributed by atoms with Gasteiger partial charge in [0.05, 0.1) is 18.2 Å². The zero-order valence-electron chi connectivity index (χ0n) is 9.12. The summed E-state index contributed by atoms with van der Waals surface area (Å²) in [6.07, 6.45) is 0.871. The van der Waals surface area contributed by atoms with Gasteiger partial charge in [-0.25, -0.2) is 0 Å². The topological polar surface area (TPSA) is 42.2 Å². The summed E-state index contributed by atoms with van der Waals surface area (Å²) >= 11 is 0. The molecule has 3 heteroatoms. The molecule has 3 nitrogen and oxygen atoms in total. The van der Waals surface area contributed by atoms with Gasteiger partial charge in [0.25, 0.3) is 0 Å². The van der Waals surface area contributed by atoms with Crippen molar-refractivity contribution in [2.24, 2.45) is 0 Å².